The van der Waals surface area contributed by atoms with Crippen LogP contribution < -0.4 is 21.3 Å². The third-order valence-corrected chi connectivity index (χ3v) is 1.88. The molecule has 6 nitrogen and oxygen atoms in total. The summed E-state index contributed by atoms with van der Waals surface area (Å²) in [5.41, 5.74) is 2.38. The molecule has 0 heterocycles. The quantitative estimate of drug-likeness (QED) is 0.361. The molecule has 0 aromatic heterocycles. The number of hydrazine groups is 1. The van der Waals surface area contributed by atoms with E-state index < -0.39 is 5.91 Å². The Hall–Kier alpha value is -2.08. The molecule has 1 aromatic carbocycles. The van der Waals surface area contributed by atoms with Gasteiger partial charge in [-0.15, -0.1) is 0 Å². The molecule has 1 rings (SSSR count). The molecule has 0 aliphatic carbocycles. The van der Waals surface area contributed by atoms with Gasteiger partial charge in [-0.1, -0.05) is 6.07 Å². The fraction of sp³-hybridized carbons (Fsp3) is 0.200. The SMILES string of the molecule is CNC(=O)COc1cccc(C(=O)NN)c1. The molecule has 0 bridgehead atoms. The van der Waals surface area contributed by atoms with Crippen molar-refractivity contribution < 1.29 is 14.3 Å². The van der Waals surface area contributed by atoms with E-state index in [0.717, 1.165) is 0 Å². The average molecular weight is 223 g/mol. The van der Waals surface area contributed by atoms with Crippen LogP contribution in [0, 0.1) is 0 Å². The lowest BCUT2D eigenvalue weighted by Gasteiger charge is -2.06. The molecule has 16 heavy (non-hydrogen) atoms. The third-order valence-electron chi connectivity index (χ3n) is 1.88. The molecular weight excluding hydrogens is 210 g/mol. The predicted octanol–water partition coefficient (Wildman–Crippen LogP) is -0.585. The number of hydrogen-bond acceptors (Lipinski definition) is 4. The maximum absolute atomic E-state index is 11.2. The van der Waals surface area contributed by atoms with Crippen LogP contribution in [0.15, 0.2) is 24.3 Å². The Morgan fingerprint density at radius 3 is 2.81 bits per heavy atom. The molecule has 0 aliphatic heterocycles. The van der Waals surface area contributed by atoms with Gasteiger partial charge in [0.25, 0.3) is 11.8 Å². The summed E-state index contributed by atoms with van der Waals surface area (Å²) in [6, 6.07) is 6.39. The largest absolute Gasteiger partial charge is 0.484 e. The van der Waals surface area contributed by atoms with Gasteiger partial charge in [-0.3, -0.25) is 15.0 Å². The highest BCUT2D eigenvalue weighted by Gasteiger charge is 2.05. The van der Waals surface area contributed by atoms with Crippen LogP contribution in [0.25, 0.3) is 0 Å². The Kier molecular flexibility index (Phi) is 4.28. The van der Waals surface area contributed by atoms with Gasteiger partial charge >= 0.3 is 0 Å². The van der Waals surface area contributed by atoms with Gasteiger partial charge in [0.2, 0.25) is 0 Å². The number of benzene rings is 1. The van der Waals surface area contributed by atoms with Gasteiger partial charge in [-0.25, -0.2) is 5.84 Å². The summed E-state index contributed by atoms with van der Waals surface area (Å²) in [7, 11) is 1.52. The van der Waals surface area contributed by atoms with Crippen LogP contribution >= 0.6 is 0 Å². The minimum absolute atomic E-state index is 0.0931. The van der Waals surface area contributed by atoms with E-state index in [-0.39, 0.29) is 12.5 Å². The molecule has 1 aromatic rings. The molecule has 0 saturated heterocycles. The molecule has 0 radical (unpaired) electrons. The summed E-state index contributed by atoms with van der Waals surface area (Å²) in [6.45, 7) is -0.0931. The van der Waals surface area contributed by atoms with Crippen LogP contribution in [0.1, 0.15) is 10.4 Å². The number of nitrogen functional groups attached to an aromatic ring is 1. The normalized spacial score (nSPS) is 9.38. The summed E-state index contributed by atoms with van der Waals surface area (Å²) < 4.78 is 5.16. The van der Waals surface area contributed by atoms with Crippen molar-refractivity contribution in [1.82, 2.24) is 10.7 Å². The molecule has 2 amide bonds. The first-order valence-corrected chi connectivity index (χ1v) is 4.61. The maximum atomic E-state index is 11.2. The van der Waals surface area contributed by atoms with Crippen LogP contribution in [0.3, 0.4) is 0 Å². The summed E-state index contributed by atoms with van der Waals surface area (Å²) in [4.78, 5) is 22.1. The van der Waals surface area contributed by atoms with Crippen molar-refractivity contribution in [3.05, 3.63) is 29.8 Å². The molecule has 6 heteroatoms. The van der Waals surface area contributed by atoms with E-state index >= 15 is 0 Å². The van der Waals surface area contributed by atoms with E-state index in [4.69, 9.17) is 10.6 Å². The summed E-state index contributed by atoms with van der Waals surface area (Å²) in [5, 5.41) is 2.42. The fourth-order valence-corrected chi connectivity index (χ4v) is 1.03. The fourth-order valence-electron chi connectivity index (χ4n) is 1.03. The number of carbonyl (C=O) groups excluding carboxylic acids is 2. The minimum atomic E-state index is -0.412. The first-order valence-electron chi connectivity index (χ1n) is 4.61. The standard InChI is InChI=1S/C10H13N3O3/c1-12-9(14)6-16-8-4-2-3-7(5-8)10(15)13-11/h2-5H,6,11H2,1H3,(H,12,14)(H,13,15). The number of rotatable bonds is 4. The molecular formula is C10H13N3O3. The molecule has 0 saturated carbocycles. The van der Waals surface area contributed by atoms with Crippen LogP contribution in [0.2, 0.25) is 0 Å². The lowest BCUT2D eigenvalue weighted by molar-refractivity contribution is -0.122. The first kappa shape index (κ1) is 12.0. The summed E-state index contributed by atoms with van der Waals surface area (Å²) in [6.07, 6.45) is 0. The van der Waals surface area contributed by atoms with Gasteiger partial charge < -0.3 is 10.1 Å². The van der Waals surface area contributed by atoms with E-state index in [1.54, 1.807) is 18.2 Å². The van der Waals surface area contributed by atoms with Crippen molar-refractivity contribution in [2.45, 2.75) is 0 Å². The van der Waals surface area contributed by atoms with Crippen molar-refractivity contribution in [1.29, 1.82) is 0 Å². The van der Waals surface area contributed by atoms with Gasteiger partial charge in [0.15, 0.2) is 6.61 Å². The Morgan fingerprint density at radius 2 is 2.19 bits per heavy atom. The minimum Gasteiger partial charge on any atom is -0.484 e. The van der Waals surface area contributed by atoms with Crippen molar-refractivity contribution in [3.63, 3.8) is 0 Å². The smallest absolute Gasteiger partial charge is 0.265 e. The van der Waals surface area contributed by atoms with Crippen molar-refractivity contribution in [2.24, 2.45) is 5.84 Å². The van der Waals surface area contributed by atoms with Gasteiger partial charge in [0.05, 0.1) is 0 Å². The van der Waals surface area contributed by atoms with Crippen molar-refractivity contribution >= 4 is 11.8 Å². The van der Waals surface area contributed by atoms with E-state index in [9.17, 15) is 9.59 Å². The number of amides is 2. The van der Waals surface area contributed by atoms with Gasteiger partial charge in [-0.05, 0) is 18.2 Å². The van der Waals surface area contributed by atoms with Gasteiger partial charge in [-0.2, -0.15) is 0 Å². The van der Waals surface area contributed by atoms with E-state index in [2.05, 4.69) is 5.32 Å². The molecule has 0 aliphatic rings. The summed E-state index contributed by atoms with van der Waals surface area (Å²) >= 11 is 0. The monoisotopic (exact) mass is 223 g/mol. The highest BCUT2D eigenvalue weighted by Crippen LogP contribution is 2.12. The van der Waals surface area contributed by atoms with Crippen LogP contribution in [-0.2, 0) is 4.79 Å². The van der Waals surface area contributed by atoms with Crippen molar-refractivity contribution in [3.8, 4) is 5.75 Å². The topological polar surface area (TPSA) is 93.4 Å². The molecule has 0 fully saturated rings. The number of nitrogens with two attached hydrogens (primary N) is 1. The number of hydrogen-bond donors (Lipinski definition) is 3. The average Bonchev–Trinajstić information content (AvgIpc) is 2.35. The zero-order chi connectivity index (χ0) is 12.0. The first-order chi connectivity index (χ1) is 7.67. The lowest BCUT2D eigenvalue weighted by atomic mass is 10.2. The van der Waals surface area contributed by atoms with Gasteiger partial charge in [0, 0.05) is 12.6 Å². The Labute approximate surface area is 92.7 Å². The third kappa shape index (κ3) is 3.25. The second kappa shape index (κ2) is 5.72. The second-order valence-electron chi connectivity index (χ2n) is 2.96. The van der Waals surface area contributed by atoms with Crippen molar-refractivity contribution in [2.75, 3.05) is 13.7 Å². The zero-order valence-corrected chi connectivity index (χ0v) is 8.82. The number of likely N-dealkylation sites (N-methyl/N-ethyl adjacent to an activating group) is 1. The number of ether oxygens (including phenoxy) is 1. The number of carbonyl (C=O) groups is 2. The van der Waals surface area contributed by atoms with E-state index in [0.29, 0.717) is 11.3 Å². The van der Waals surface area contributed by atoms with Crippen LogP contribution in [-0.4, -0.2) is 25.5 Å². The van der Waals surface area contributed by atoms with Crippen LogP contribution in [0.5, 0.6) is 5.75 Å². The lowest BCUT2D eigenvalue weighted by Crippen LogP contribution is -2.30. The Balaban J connectivity index is 2.67. The zero-order valence-electron chi connectivity index (χ0n) is 8.82. The predicted molar refractivity (Wildman–Crippen MR) is 57.7 cm³/mol. The Morgan fingerprint density at radius 1 is 1.44 bits per heavy atom. The molecule has 4 N–H and O–H groups in total. The molecule has 0 atom stereocenters. The second-order valence-corrected chi connectivity index (χ2v) is 2.96. The number of nitrogens with one attached hydrogen (secondary N) is 2. The molecule has 86 valence electrons. The maximum Gasteiger partial charge on any atom is 0.265 e. The molecule has 0 spiro atoms. The van der Waals surface area contributed by atoms with E-state index in [1.807, 2.05) is 5.43 Å². The highest BCUT2D eigenvalue weighted by atomic mass is 16.5. The van der Waals surface area contributed by atoms with Gasteiger partial charge in [0.1, 0.15) is 5.75 Å². The molecule has 0 unspecified atom stereocenters. The highest BCUT2D eigenvalue weighted by molar-refractivity contribution is 5.94. The summed E-state index contributed by atoms with van der Waals surface area (Å²) in [5.74, 6) is 4.77. The van der Waals surface area contributed by atoms with Crippen LogP contribution in [0.4, 0.5) is 0 Å². The Bertz CT molecular complexity index is 393. The van der Waals surface area contributed by atoms with E-state index in [1.165, 1.54) is 13.1 Å².